The molecule has 1 aromatic heterocycles. The van der Waals surface area contributed by atoms with Crippen molar-refractivity contribution in [2.45, 2.75) is 39.3 Å². The molecule has 1 aliphatic heterocycles. The van der Waals surface area contributed by atoms with Gasteiger partial charge in [0.05, 0.1) is 11.0 Å². The van der Waals surface area contributed by atoms with Crippen molar-refractivity contribution in [1.82, 2.24) is 14.8 Å². The van der Waals surface area contributed by atoms with Gasteiger partial charge in [-0.25, -0.2) is 0 Å². The van der Waals surface area contributed by atoms with E-state index in [1.807, 2.05) is 0 Å². The lowest BCUT2D eigenvalue weighted by molar-refractivity contribution is -0.384. The maximum absolute atomic E-state index is 10.8. The summed E-state index contributed by atoms with van der Waals surface area (Å²) in [5.74, 6) is 2.32. The van der Waals surface area contributed by atoms with Gasteiger partial charge in [-0.15, -0.1) is 10.2 Å². The highest BCUT2D eigenvalue weighted by Crippen LogP contribution is 2.31. The molecule has 116 valence electrons. The number of non-ortho nitro benzene ring substituents is 1. The third-order valence-corrected chi connectivity index (χ3v) is 4.12. The second-order valence-corrected chi connectivity index (χ2v) is 5.87. The van der Waals surface area contributed by atoms with Crippen LogP contribution in [-0.2, 0) is 6.54 Å². The van der Waals surface area contributed by atoms with Gasteiger partial charge in [0.15, 0.2) is 5.82 Å². The number of hydrogen-bond acceptors (Lipinski definition) is 5. The van der Waals surface area contributed by atoms with Crippen LogP contribution in [-0.4, -0.2) is 26.2 Å². The van der Waals surface area contributed by atoms with Crippen LogP contribution in [0.4, 0.5) is 11.4 Å². The van der Waals surface area contributed by atoms with Gasteiger partial charge in [-0.2, -0.15) is 0 Å². The molecule has 0 aliphatic carbocycles. The molecule has 0 spiro atoms. The average Bonchev–Trinajstić information content (AvgIpc) is 2.93. The van der Waals surface area contributed by atoms with Crippen LogP contribution in [0.2, 0.25) is 0 Å². The van der Waals surface area contributed by atoms with Crippen molar-refractivity contribution >= 4 is 11.4 Å². The lowest BCUT2D eigenvalue weighted by Crippen LogP contribution is -2.37. The molecule has 0 radical (unpaired) electrons. The molecular weight excluding hydrogens is 282 g/mol. The third-order valence-electron chi connectivity index (χ3n) is 4.12. The Labute approximate surface area is 128 Å². The topological polar surface area (TPSA) is 77.1 Å². The van der Waals surface area contributed by atoms with E-state index in [9.17, 15) is 10.1 Å². The van der Waals surface area contributed by atoms with E-state index in [1.54, 1.807) is 24.3 Å². The second kappa shape index (κ2) is 5.40. The van der Waals surface area contributed by atoms with Crippen molar-refractivity contribution in [2.24, 2.45) is 0 Å². The van der Waals surface area contributed by atoms with E-state index in [0.29, 0.717) is 5.92 Å². The van der Waals surface area contributed by atoms with Gasteiger partial charge in [0.1, 0.15) is 5.82 Å². The van der Waals surface area contributed by atoms with Crippen molar-refractivity contribution < 1.29 is 4.92 Å². The first kappa shape index (κ1) is 14.5. The Kier molecular flexibility index (Phi) is 3.56. The van der Waals surface area contributed by atoms with Crippen molar-refractivity contribution in [3.8, 4) is 0 Å². The van der Waals surface area contributed by atoms with Crippen molar-refractivity contribution in [3.05, 3.63) is 46.0 Å². The number of aromatic nitrogens is 3. The smallest absolute Gasteiger partial charge is 0.269 e. The van der Waals surface area contributed by atoms with Gasteiger partial charge in [-0.1, -0.05) is 13.8 Å². The number of hydrogen-bond donors (Lipinski definition) is 0. The van der Waals surface area contributed by atoms with Crippen LogP contribution in [0.15, 0.2) is 24.3 Å². The molecule has 0 bridgehead atoms. The van der Waals surface area contributed by atoms with Crippen LogP contribution in [0.5, 0.6) is 0 Å². The molecule has 7 heteroatoms. The summed E-state index contributed by atoms with van der Waals surface area (Å²) >= 11 is 0. The average molecular weight is 301 g/mol. The highest BCUT2D eigenvalue weighted by Gasteiger charge is 2.29. The zero-order chi connectivity index (χ0) is 15.9. The maximum Gasteiger partial charge on any atom is 0.269 e. The number of nitro benzene ring substituents is 1. The Hall–Kier alpha value is -2.44. The summed E-state index contributed by atoms with van der Waals surface area (Å²) in [5, 5.41) is 19.4. The number of nitrogens with zero attached hydrogens (tertiary/aromatic N) is 5. The molecule has 0 fully saturated rings. The molecule has 2 heterocycles. The summed E-state index contributed by atoms with van der Waals surface area (Å²) in [7, 11) is 0. The number of anilines is 1. The van der Waals surface area contributed by atoms with Gasteiger partial charge >= 0.3 is 0 Å². The first-order valence-electron chi connectivity index (χ1n) is 7.43. The molecular formula is C15H19N5O2. The Balaban J connectivity index is 1.89. The Morgan fingerprint density at radius 2 is 1.91 bits per heavy atom. The molecule has 0 amide bonds. The minimum absolute atomic E-state index is 0.0928. The van der Waals surface area contributed by atoms with E-state index in [2.05, 4.69) is 40.4 Å². The van der Waals surface area contributed by atoms with Gasteiger partial charge in [-0.05, 0) is 19.1 Å². The first-order valence-corrected chi connectivity index (χ1v) is 7.43. The van der Waals surface area contributed by atoms with E-state index < -0.39 is 0 Å². The summed E-state index contributed by atoms with van der Waals surface area (Å²) in [6, 6.07) is 6.77. The Morgan fingerprint density at radius 1 is 1.23 bits per heavy atom. The van der Waals surface area contributed by atoms with Crippen molar-refractivity contribution in [3.63, 3.8) is 0 Å². The van der Waals surface area contributed by atoms with Gasteiger partial charge in [0.25, 0.3) is 5.69 Å². The molecule has 3 rings (SSSR count). The predicted octanol–water partition coefficient (Wildman–Crippen LogP) is 2.89. The number of fused-ring (bicyclic) bond motifs is 1. The number of nitro groups is 1. The zero-order valence-corrected chi connectivity index (χ0v) is 12.9. The standard InChI is InChI=1S/C15H19N5O2/c1-10(2)14-16-17-15-11(3)18(8-9-19(14)15)12-4-6-13(7-5-12)20(21)22/h4-7,10-11H,8-9H2,1-3H3. The number of rotatable bonds is 3. The molecule has 1 aliphatic rings. The SMILES string of the molecule is CC(C)c1nnc2n1CCN(c1ccc([N+](=O)[O-])cc1)C2C. The van der Waals surface area contributed by atoms with Crippen LogP contribution < -0.4 is 4.90 Å². The molecule has 0 saturated carbocycles. The van der Waals surface area contributed by atoms with E-state index in [1.165, 1.54) is 0 Å². The molecule has 0 saturated heterocycles. The van der Waals surface area contributed by atoms with E-state index in [0.717, 1.165) is 30.4 Å². The lowest BCUT2D eigenvalue weighted by Gasteiger charge is -2.35. The van der Waals surface area contributed by atoms with E-state index in [4.69, 9.17) is 0 Å². The molecule has 1 unspecified atom stereocenters. The third kappa shape index (κ3) is 2.32. The summed E-state index contributed by atoms with van der Waals surface area (Å²) in [5.41, 5.74) is 1.08. The molecule has 22 heavy (non-hydrogen) atoms. The summed E-state index contributed by atoms with van der Waals surface area (Å²) in [4.78, 5) is 12.6. The molecule has 1 atom stereocenters. The fourth-order valence-electron chi connectivity index (χ4n) is 2.95. The number of benzene rings is 1. The second-order valence-electron chi connectivity index (χ2n) is 5.87. The van der Waals surface area contributed by atoms with Crippen LogP contribution in [0.1, 0.15) is 44.4 Å². The van der Waals surface area contributed by atoms with Crippen LogP contribution in [0, 0.1) is 10.1 Å². The maximum atomic E-state index is 10.8. The van der Waals surface area contributed by atoms with Gasteiger partial charge in [0, 0.05) is 36.8 Å². The first-order chi connectivity index (χ1) is 10.5. The molecule has 7 nitrogen and oxygen atoms in total. The quantitative estimate of drug-likeness (QED) is 0.643. The molecule has 2 aromatic rings. The normalized spacial score (nSPS) is 17.6. The summed E-state index contributed by atoms with van der Waals surface area (Å²) in [6.07, 6.45) is 0. The van der Waals surface area contributed by atoms with Crippen LogP contribution in [0.25, 0.3) is 0 Å². The van der Waals surface area contributed by atoms with Crippen LogP contribution in [0.3, 0.4) is 0 Å². The fourth-order valence-corrected chi connectivity index (χ4v) is 2.95. The summed E-state index contributed by atoms with van der Waals surface area (Å²) in [6.45, 7) is 7.99. The van der Waals surface area contributed by atoms with Crippen molar-refractivity contribution in [1.29, 1.82) is 0 Å². The highest BCUT2D eigenvalue weighted by atomic mass is 16.6. The van der Waals surface area contributed by atoms with Gasteiger partial charge in [-0.3, -0.25) is 10.1 Å². The molecule has 1 aromatic carbocycles. The minimum atomic E-state index is -0.380. The Morgan fingerprint density at radius 3 is 2.50 bits per heavy atom. The summed E-state index contributed by atoms with van der Waals surface area (Å²) < 4.78 is 2.19. The van der Waals surface area contributed by atoms with Gasteiger partial charge in [0.2, 0.25) is 0 Å². The van der Waals surface area contributed by atoms with Gasteiger partial charge < -0.3 is 9.47 Å². The lowest BCUT2D eigenvalue weighted by atomic mass is 10.1. The predicted molar refractivity (Wildman–Crippen MR) is 83.0 cm³/mol. The van der Waals surface area contributed by atoms with E-state index in [-0.39, 0.29) is 16.7 Å². The Bertz CT molecular complexity index is 692. The highest BCUT2D eigenvalue weighted by molar-refractivity contribution is 5.52. The zero-order valence-electron chi connectivity index (χ0n) is 12.9. The van der Waals surface area contributed by atoms with Crippen LogP contribution >= 0.6 is 0 Å². The minimum Gasteiger partial charge on any atom is -0.360 e. The van der Waals surface area contributed by atoms with Crippen molar-refractivity contribution in [2.75, 3.05) is 11.4 Å². The molecule has 0 N–H and O–H groups in total. The monoisotopic (exact) mass is 301 g/mol. The largest absolute Gasteiger partial charge is 0.360 e. The fraction of sp³-hybridized carbons (Fsp3) is 0.467. The van der Waals surface area contributed by atoms with E-state index >= 15 is 0 Å².